The lowest BCUT2D eigenvalue weighted by Crippen LogP contribution is -2.51. The summed E-state index contributed by atoms with van der Waals surface area (Å²) in [6, 6.07) is 11.5. The number of aryl methyl sites for hydroxylation is 1. The highest BCUT2D eigenvalue weighted by Gasteiger charge is 2.46. The van der Waals surface area contributed by atoms with E-state index < -0.39 is 22.8 Å². The van der Waals surface area contributed by atoms with Crippen LogP contribution in [0.1, 0.15) is 54.4 Å². The maximum Gasteiger partial charge on any atom is 0.270 e. The third kappa shape index (κ3) is 4.12. The molecule has 0 aromatic heterocycles. The molecule has 1 aliphatic heterocycles. The molecule has 2 aliphatic rings. The minimum atomic E-state index is -0.918. The van der Waals surface area contributed by atoms with E-state index in [1.807, 2.05) is 19.1 Å². The fraction of sp³-hybridized carbons (Fsp3) is 0.375. The lowest BCUT2D eigenvalue weighted by Gasteiger charge is -2.37. The number of carbonyl (C=O) groups is 3. The molecular weight excluding hydrogens is 410 g/mol. The first-order valence-electron chi connectivity index (χ1n) is 10.9. The average Bonchev–Trinajstić information content (AvgIpc) is 3.09. The first-order valence-corrected chi connectivity index (χ1v) is 10.9. The number of rotatable bonds is 5. The Labute approximate surface area is 186 Å². The average molecular weight is 435 g/mol. The number of imide groups is 1. The highest BCUT2D eigenvalue weighted by molar-refractivity contribution is 6.23. The van der Waals surface area contributed by atoms with E-state index >= 15 is 0 Å². The molecule has 8 heteroatoms. The van der Waals surface area contributed by atoms with Gasteiger partial charge in [-0.15, -0.1) is 0 Å². The highest BCUT2D eigenvalue weighted by atomic mass is 16.6. The van der Waals surface area contributed by atoms with Crippen molar-refractivity contribution in [1.82, 2.24) is 4.90 Å². The van der Waals surface area contributed by atoms with E-state index in [0.29, 0.717) is 5.69 Å². The van der Waals surface area contributed by atoms with Crippen LogP contribution in [0.15, 0.2) is 48.5 Å². The van der Waals surface area contributed by atoms with Crippen molar-refractivity contribution in [2.24, 2.45) is 0 Å². The number of anilines is 1. The van der Waals surface area contributed by atoms with Crippen LogP contribution >= 0.6 is 0 Å². The normalized spacial score (nSPS) is 19.3. The van der Waals surface area contributed by atoms with Gasteiger partial charge < -0.3 is 4.90 Å². The third-order valence-corrected chi connectivity index (χ3v) is 6.26. The smallest absolute Gasteiger partial charge is 0.270 e. The molecule has 0 spiro atoms. The van der Waals surface area contributed by atoms with Gasteiger partial charge in [-0.1, -0.05) is 43.0 Å². The molecular formula is C24H25N3O5. The number of benzene rings is 2. The molecule has 1 saturated heterocycles. The molecule has 1 atom stereocenters. The van der Waals surface area contributed by atoms with Gasteiger partial charge in [-0.3, -0.25) is 24.5 Å². The largest absolute Gasteiger partial charge is 0.323 e. The second-order valence-corrected chi connectivity index (χ2v) is 8.43. The summed E-state index contributed by atoms with van der Waals surface area (Å²) in [5.41, 5.74) is 1.46. The van der Waals surface area contributed by atoms with Crippen LogP contribution in [-0.4, -0.2) is 39.6 Å². The van der Waals surface area contributed by atoms with Crippen LogP contribution < -0.4 is 4.90 Å². The van der Waals surface area contributed by atoms with Crippen LogP contribution in [0.4, 0.5) is 11.4 Å². The lowest BCUT2D eigenvalue weighted by molar-refractivity contribution is -0.384. The summed E-state index contributed by atoms with van der Waals surface area (Å²) in [5, 5.41) is 11.2. The Morgan fingerprint density at radius 1 is 1.06 bits per heavy atom. The first kappa shape index (κ1) is 21.7. The number of non-ortho nitro benzene ring substituents is 1. The van der Waals surface area contributed by atoms with Gasteiger partial charge in [0.05, 0.1) is 17.0 Å². The molecule has 8 nitrogen and oxygen atoms in total. The first-order chi connectivity index (χ1) is 15.4. The maximum absolute atomic E-state index is 13.6. The van der Waals surface area contributed by atoms with E-state index in [1.165, 1.54) is 29.2 Å². The van der Waals surface area contributed by atoms with Gasteiger partial charge >= 0.3 is 0 Å². The standard InChI is InChI=1S/C24H25N3O5/c1-16-10-12-19(13-11-16)26-22(28)15-21(24(26)30)25(18-7-3-2-4-8-18)23(29)17-6-5-9-20(14-17)27(31)32/h5-6,9-14,18,21H,2-4,7-8,15H2,1H3. The van der Waals surface area contributed by atoms with Crippen LogP contribution in [0.5, 0.6) is 0 Å². The molecule has 1 unspecified atom stereocenters. The minimum Gasteiger partial charge on any atom is -0.323 e. The molecule has 0 N–H and O–H groups in total. The number of nitrogens with zero attached hydrogens (tertiary/aromatic N) is 3. The van der Waals surface area contributed by atoms with E-state index in [2.05, 4.69) is 0 Å². The van der Waals surface area contributed by atoms with E-state index in [0.717, 1.165) is 42.6 Å². The van der Waals surface area contributed by atoms with E-state index in [4.69, 9.17) is 0 Å². The van der Waals surface area contributed by atoms with E-state index in [1.54, 1.807) is 12.1 Å². The SMILES string of the molecule is Cc1ccc(N2C(=O)CC(N(C(=O)c3cccc([N+](=O)[O-])c3)C3CCCCC3)C2=O)cc1. The van der Waals surface area contributed by atoms with Crippen molar-refractivity contribution >= 4 is 29.1 Å². The molecule has 2 fully saturated rings. The van der Waals surface area contributed by atoms with Crippen LogP contribution in [0.2, 0.25) is 0 Å². The molecule has 166 valence electrons. The molecule has 2 aromatic rings. The minimum absolute atomic E-state index is 0.0934. The van der Waals surface area contributed by atoms with Crippen LogP contribution in [-0.2, 0) is 9.59 Å². The summed E-state index contributed by atoms with van der Waals surface area (Å²) in [4.78, 5) is 53.1. The monoisotopic (exact) mass is 435 g/mol. The zero-order valence-electron chi connectivity index (χ0n) is 17.9. The Hall–Kier alpha value is -3.55. The number of carbonyl (C=O) groups excluding carboxylic acids is 3. The number of nitro benzene ring substituents is 1. The van der Waals surface area contributed by atoms with Crippen LogP contribution in [0, 0.1) is 17.0 Å². The summed E-state index contributed by atoms with van der Waals surface area (Å²) in [7, 11) is 0. The van der Waals surface area contributed by atoms with Crippen LogP contribution in [0.25, 0.3) is 0 Å². The highest BCUT2D eigenvalue weighted by Crippen LogP contribution is 2.32. The number of amides is 3. The Morgan fingerprint density at radius 2 is 1.75 bits per heavy atom. The van der Waals surface area contributed by atoms with Crippen LogP contribution in [0.3, 0.4) is 0 Å². The lowest BCUT2D eigenvalue weighted by atomic mass is 9.92. The predicted octanol–water partition coefficient (Wildman–Crippen LogP) is 4.01. The quantitative estimate of drug-likeness (QED) is 0.401. The fourth-order valence-electron chi connectivity index (χ4n) is 4.62. The van der Waals surface area contributed by atoms with Gasteiger partial charge in [0.15, 0.2) is 0 Å². The molecule has 0 radical (unpaired) electrons. The van der Waals surface area contributed by atoms with Gasteiger partial charge in [0, 0.05) is 23.7 Å². The maximum atomic E-state index is 13.6. The van der Waals surface area contributed by atoms with Crippen molar-refractivity contribution < 1.29 is 19.3 Å². The number of nitro groups is 1. The Balaban J connectivity index is 1.69. The van der Waals surface area contributed by atoms with Crippen molar-refractivity contribution in [3.8, 4) is 0 Å². The Kier molecular flexibility index (Phi) is 6.03. The van der Waals surface area contributed by atoms with E-state index in [-0.39, 0.29) is 29.6 Å². The molecule has 3 amide bonds. The molecule has 2 aromatic carbocycles. The van der Waals surface area contributed by atoms with Crippen molar-refractivity contribution in [1.29, 1.82) is 0 Å². The van der Waals surface area contributed by atoms with Gasteiger partial charge in [-0.25, -0.2) is 4.90 Å². The van der Waals surface area contributed by atoms with Gasteiger partial charge in [-0.05, 0) is 38.0 Å². The summed E-state index contributed by atoms with van der Waals surface area (Å²) >= 11 is 0. The number of hydrogen-bond donors (Lipinski definition) is 0. The molecule has 32 heavy (non-hydrogen) atoms. The summed E-state index contributed by atoms with van der Waals surface area (Å²) in [6.45, 7) is 1.92. The molecule has 0 bridgehead atoms. The second-order valence-electron chi connectivity index (χ2n) is 8.43. The molecule has 1 saturated carbocycles. The molecule has 4 rings (SSSR count). The zero-order valence-corrected chi connectivity index (χ0v) is 17.9. The summed E-state index contributed by atoms with van der Waals surface area (Å²) in [6.07, 6.45) is 4.30. The topological polar surface area (TPSA) is 101 Å². The third-order valence-electron chi connectivity index (χ3n) is 6.26. The van der Waals surface area contributed by atoms with Gasteiger partial charge in [0.1, 0.15) is 6.04 Å². The van der Waals surface area contributed by atoms with Crippen molar-refractivity contribution in [3.05, 3.63) is 69.8 Å². The van der Waals surface area contributed by atoms with Gasteiger partial charge in [-0.2, -0.15) is 0 Å². The van der Waals surface area contributed by atoms with E-state index in [9.17, 15) is 24.5 Å². The Bertz CT molecular complexity index is 1060. The van der Waals surface area contributed by atoms with Crippen molar-refractivity contribution in [3.63, 3.8) is 0 Å². The summed E-state index contributed by atoms with van der Waals surface area (Å²) in [5.74, 6) is -1.22. The second kappa shape index (κ2) is 8.90. The predicted molar refractivity (Wildman–Crippen MR) is 118 cm³/mol. The molecule has 1 aliphatic carbocycles. The zero-order chi connectivity index (χ0) is 22.8. The number of hydrogen-bond acceptors (Lipinski definition) is 5. The van der Waals surface area contributed by atoms with Gasteiger partial charge in [0.25, 0.3) is 17.5 Å². The summed E-state index contributed by atoms with van der Waals surface area (Å²) < 4.78 is 0. The van der Waals surface area contributed by atoms with Gasteiger partial charge in [0.2, 0.25) is 5.91 Å². The van der Waals surface area contributed by atoms with Crippen molar-refractivity contribution in [2.45, 2.75) is 57.5 Å². The molecule has 1 heterocycles. The fourth-order valence-corrected chi connectivity index (χ4v) is 4.62. The Morgan fingerprint density at radius 3 is 2.41 bits per heavy atom. The van der Waals surface area contributed by atoms with Crippen molar-refractivity contribution in [2.75, 3.05) is 4.90 Å².